The molecule has 0 aliphatic rings. The summed E-state index contributed by atoms with van der Waals surface area (Å²) < 4.78 is 41.6. The molecule has 0 N–H and O–H groups in total. The molecule has 7 nitrogen and oxygen atoms in total. The van der Waals surface area contributed by atoms with Crippen molar-refractivity contribution < 1.29 is 33.2 Å². The molecule has 0 spiro atoms. The van der Waals surface area contributed by atoms with E-state index in [4.69, 9.17) is 33.2 Å². The van der Waals surface area contributed by atoms with Crippen molar-refractivity contribution in [1.29, 1.82) is 0 Å². The van der Waals surface area contributed by atoms with Crippen LogP contribution in [0, 0.1) is 0 Å². The molecular weight excluding hydrogens is 400 g/mol. The fourth-order valence-corrected chi connectivity index (χ4v) is 3.25. The Morgan fingerprint density at radius 3 is 1.10 bits per heavy atom. The van der Waals surface area contributed by atoms with Crippen LogP contribution in [-0.2, 0) is 33.2 Å². The maximum Gasteiger partial charge on any atom is 0.193 e. The van der Waals surface area contributed by atoms with E-state index >= 15 is 0 Å². The highest BCUT2D eigenvalue weighted by molar-refractivity contribution is 4.74. The van der Waals surface area contributed by atoms with Gasteiger partial charge in [0.1, 0.15) is 13.2 Å². The first kappa shape index (κ1) is 30.7. The Hall–Kier alpha value is -0.280. The van der Waals surface area contributed by atoms with Crippen molar-refractivity contribution in [1.82, 2.24) is 0 Å². The zero-order valence-corrected chi connectivity index (χ0v) is 21.2. The highest BCUT2D eigenvalue weighted by Gasteiger charge is 2.36. The lowest BCUT2D eigenvalue weighted by Crippen LogP contribution is -2.47. The monoisotopic (exact) mass is 450 g/mol. The van der Waals surface area contributed by atoms with Crippen LogP contribution in [-0.4, -0.2) is 77.6 Å². The van der Waals surface area contributed by atoms with Gasteiger partial charge in [0.15, 0.2) is 11.6 Å². The van der Waals surface area contributed by atoms with Crippen molar-refractivity contribution in [3.8, 4) is 0 Å². The van der Waals surface area contributed by atoms with E-state index in [1.54, 1.807) is 0 Å². The van der Waals surface area contributed by atoms with Crippen LogP contribution in [0.5, 0.6) is 0 Å². The Labute approximate surface area is 191 Å². The first-order valence-electron chi connectivity index (χ1n) is 12.4. The molecule has 0 aromatic rings. The van der Waals surface area contributed by atoms with Crippen molar-refractivity contribution in [2.45, 2.75) is 91.6 Å². The van der Waals surface area contributed by atoms with E-state index in [1.165, 1.54) is 0 Å². The molecule has 0 unspecified atom stereocenters. The molecule has 0 radical (unpaired) electrons. The quantitative estimate of drug-likeness (QED) is 0.152. The predicted molar refractivity (Wildman–Crippen MR) is 123 cm³/mol. The van der Waals surface area contributed by atoms with Gasteiger partial charge in [-0.2, -0.15) is 0 Å². The van der Waals surface area contributed by atoms with Crippen LogP contribution in [0.25, 0.3) is 0 Å². The molecule has 7 heteroatoms. The van der Waals surface area contributed by atoms with Gasteiger partial charge in [0, 0.05) is 52.5 Å². The summed E-state index contributed by atoms with van der Waals surface area (Å²) >= 11 is 0. The lowest BCUT2D eigenvalue weighted by molar-refractivity contribution is -0.297. The van der Waals surface area contributed by atoms with E-state index in [9.17, 15) is 0 Å². The summed E-state index contributed by atoms with van der Waals surface area (Å²) in [5.74, 6) is -1.67. The van der Waals surface area contributed by atoms with Gasteiger partial charge in [-0.3, -0.25) is 0 Å². The summed E-state index contributed by atoms with van der Waals surface area (Å²) in [5, 5.41) is 0. The number of hydrogen-bond acceptors (Lipinski definition) is 7. The third-order valence-corrected chi connectivity index (χ3v) is 4.81. The van der Waals surface area contributed by atoms with Crippen LogP contribution in [0.3, 0.4) is 0 Å². The van der Waals surface area contributed by atoms with Crippen molar-refractivity contribution >= 4 is 0 Å². The van der Waals surface area contributed by atoms with E-state index in [2.05, 4.69) is 13.8 Å². The Morgan fingerprint density at radius 1 is 0.452 bits per heavy atom. The normalized spacial score (nSPS) is 12.6. The summed E-state index contributed by atoms with van der Waals surface area (Å²) in [6.45, 7) is 17.5. The maximum absolute atomic E-state index is 6.12. The van der Waals surface area contributed by atoms with E-state index < -0.39 is 11.6 Å². The van der Waals surface area contributed by atoms with Crippen molar-refractivity contribution in [3.63, 3.8) is 0 Å². The van der Waals surface area contributed by atoms with Gasteiger partial charge in [0.25, 0.3) is 0 Å². The molecule has 0 aromatic heterocycles. The first-order valence-corrected chi connectivity index (χ1v) is 12.4. The van der Waals surface area contributed by atoms with Crippen LogP contribution >= 0.6 is 0 Å². The smallest absolute Gasteiger partial charge is 0.193 e. The van der Waals surface area contributed by atoms with E-state index in [1.807, 2.05) is 27.7 Å². The molecule has 0 heterocycles. The average Bonchev–Trinajstić information content (AvgIpc) is 2.74. The molecule has 0 aromatic carbocycles. The molecule has 31 heavy (non-hydrogen) atoms. The van der Waals surface area contributed by atoms with Gasteiger partial charge >= 0.3 is 0 Å². The largest absolute Gasteiger partial charge is 0.381 e. The number of ether oxygens (including phenoxy) is 7. The Morgan fingerprint density at radius 2 is 0.806 bits per heavy atom. The van der Waals surface area contributed by atoms with Gasteiger partial charge in [-0.05, 0) is 40.5 Å². The van der Waals surface area contributed by atoms with Gasteiger partial charge in [0.05, 0.1) is 13.2 Å². The summed E-state index contributed by atoms with van der Waals surface area (Å²) in [4.78, 5) is 0. The molecule has 0 fully saturated rings. The van der Waals surface area contributed by atoms with Crippen molar-refractivity contribution in [2.75, 3.05) is 66.1 Å². The van der Waals surface area contributed by atoms with Gasteiger partial charge in [-0.25, -0.2) is 0 Å². The minimum atomic E-state index is -0.836. The number of rotatable bonds is 24. The Bertz CT molecular complexity index is 333. The van der Waals surface area contributed by atoms with Crippen molar-refractivity contribution in [3.05, 3.63) is 0 Å². The molecule has 0 saturated carbocycles. The highest BCUT2D eigenvalue weighted by atomic mass is 16.7. The number of hydrogen-bond donors (Lipinski definition) is 0. The SMILES string of the molecule is CCCCOCCC(COCC(CCOCCCC)(OCC)OCC)(OCC)OCC. The molecule has 0 amide bonds. The van der Waals surface area contributed by atoms with Gasteiger partial charge < -0.3 is 33.2 Å². The minimum Gasteiger partial charge on any atom is -0.381 e. The highest BCUT2D eigenvalue weighted by Crippen LogP contribution is 2.24. The summed E-state index contributed by atoms with van der Waals surface area (Å²) in [5.41, 5.74) is 0. The summed E-state index contributed by atoms with van der Waals surface area (Å²) in [6, 6.07) is 0. The average molecular weight is 451 g/mol. The lowest BCUT2D eigenvalue weighted by atomic mass is 10.2. The second kappa shape index (κ2) is 20.3. The van der Waals surface area contributed by atoms with E-state index in [0.717, 1.165) is 38.9 Å². The van der Waals surface area contributed by atoms with Crippen LogP contribution < -0.4 is 0 Å². The topological polar surface area (TPSA) is 64.6 Å². The number of unbranched alkanes of at least 4 members (excludes halogenated alkanes) is 2. The molecule has 0 saturated heterocycles. The maximum atomic E-state index is 6.12. The summed E-state index contributed by atoms with van der Waals surface area (Å²) in [7, 11) is 0. The standard InChI is InChI=1S/C24H50O7/c1-7-13-17-25-19-15-23(28-9-3,29-10-4)21-27-22-24(30-11-5,31-12-6)16-20-26-18-14-8-2/h7-22H2,1-6H3. The second-order valence-corrected chi connectivity index (χ2v) is 7.48. The molecule has 188 valence electrons. The fraction of sp³-hybridized carbons (Fsp3) is 1.00. The van der Waals surface area contributed by atoms with Crippen LogP contribution in [0.15, 0.2) is 0 Å². The predicted octanol–water partition coefficient (Wildman–Crippen LogP) is 4.96. The Balaban J connectivity index is 4.94. The third kappa shape index (κ3) is 14.5. The second-order valence-electron chi connectivity index (χ2n) is 7.48. The molecule has 0 rings (SSSR count). The molecule has 0 atom stereocenters. The molecule has 0 aliphatic heterocycles. The fourth-order valence-electron chi connectivity index (χ4n) is 3.25. The zero-order valence-electron chi connectivity index (χ0n) is 21.2. The lowest BCUT2D eigenvalue weighted by Gasteiger charge is -2.36. The first-order chi connectivity index (χ1) is 15.1. The summed E-state index contributed by atoms with van der Waals surface area (Å²) in [6.07, 6.45) is 5.55. The molecule has 0 aliphatic carbocycles. The molecular formula is C24H50O7. The van der Waals surface area contributed by atoms with E-state index in [-0.39, 0.29) is 13.2 Å². The van der Waals surface area contributed by atoms with E-state index in [0.29, 0.717) is 52.5 Å². The molecule has 0 bridgehead atoms. The van der Waals surface area contributed by atoms with Crippen LogP contribution in [0.2, 0.25) is 0 Å². The van der Waals surface area contributed by atoms with Gasteiger partial charge in [0.2, 0.25) is 0 Å². The van der Waals surface area contributed by atoms with Crippen LogP contribution in [0.1, 0.15) is 80.1 Å². The van der Waals surface area contributed by atoms with Gasteiger partial charge in [-0.1, -0.05) is 26.7 Å². The van der Waals surface area contributed by atoms with Crippen LogP contribution in [0.4, 0.5) is 0 Å². The zero-order chi connectivity index (χ0) is 23.3. The third-order valence-electron chi connectivity index (χ3n) is 4.81. The van der Waals surface area contributed by atoms with Gasteiger partial charge in [-0.15, -0.1) is 0 Å². The Kier molecular flexibility index (Phi) is 20.2. The van der Waals surface area contributed by atoms with Crippen molar-refractivity contribution in [2.24, 2.45) is 0 Å². The minimum absolute atomic E-state index is 0.282.